The van der Waals surface area contributed by atoms with Gasteiger partial charge in [-0.3, -0.25) is 0 Å². The summed E-state index contributed by atoms with van der Waals surface area (Å²) in [5.74, 6) is 1.45. The Morgan fingerprint density at radius 1 is 0.472 bits per heavy atom. The van der Waals surface area contributed by atoms with Gasteiger partial charge in [-0.25, -0.2) is 9.13 Å². The summed E-state index contributed by atoms with van der Waals surface area (Å²) in [6.07, 6.45) is 41.9. The first-order valence-electron chi connectivity index (χ1n) is 16.8. The molecule has 0 saturated carbocycles. The van der Waals surface area contributed by atoms with Gasteiger partial charge in [-0.2, -0.15) is 0 Å². The van der Waals surface area contributed by atoms with Gasteiger partial charge in [0.1, 0.15) is 12.4 Å². The van der Waals surface area contributed by atoms with Crippen LogP contribution in [0.4, 0.5) is 0 Å². The first kappa shape index (κ1) is 33.2. The third-order valence-corrected chi connectivity index (χ3v) is 8.26. The van der Waals surface area contributed by atoms with Crippen molar-refractivity contribution in [3.05, 3.63) is 18.2 Å². The predicted molar refractivity (Wildman–Crippen MR) is 161 cm³/mol. The van der Waals surface area contributed by atoms with Gasteiger partial charge in [0.15, 0.2) is 0 Å². The number of rotatable bonds is 28. The van der Waals surface area contributed by atoms with E-state index in [1.54, 1.807) is 0 Å². The van der Waals surface area contributed by atoms with Crippen molar-refractivity contribution < 1.29 is 4.57 Å². The maximum absolute atomic E-state index is 2.49. The standard InChI is InChI=1S/C34H67N2/c1-4-6-8-10-12-14-16-17-18-19-21-23-25-27-29-31-36-33-32-35(34(36)3)30-28-26-24-22-20-15-13-11-9-7-5-2/h32-33H,4-31H2,1-3H3/q+1. The van der Waals surface area contributed by atoms with E-state index in [4.69, 9.17) is 0 Å². The molecule has 0 aliphatic rings. The molecule has 2 heteroatoms. The minimum Gasteiger partial charge on any atom is -0.234 e. The number of unbranched alkanes of at least 4 members (excludes halogenated alkanes) is 24. The molecule has 0 saturated heterocycles. The van der Waals surface area contributed by atoms with E-state index in [-0.39, 0.29) is 0 Å². The molecule has 0 aliphatic carbocycles. The summed E-state index contributed by atoms with van der Waals surface area (Å²) in [5.41, 5.74) is 0. The third kappa shape index (κ3) is 19.3. The Morgan fingerprint density at radius 2 is 0.806 bits per heavy atom. The zero-order chi connectivity index (χ0) is 25.9. The van der Waals surface area contributed by atoms with Crippen LogP contribution in [0, 0.1) is 6.92 Å². The summed E-state index contributed by atoms with van der Waals surface area (Å²) in [6.45, 7) is 9.32. The summed E-state index contributed by atoms with van der Waals surface area (Å²) in [6, 6.07) is 0. The van der Waals surface area contributed by atoms with Gasteiger partial charge in [0.25, 0.3) is 5.82 Å². The summed E-state index contributed by atoms with van der Waals surface area (Å²) < 4.78 is 4.97. The normalized spacial score (nSPS) is 11.5. The SMILES string of the molecule is CCCCCCCCCCCCCCCCC[n+]1ccn(CCCCCCCCCCCCC)c1C. The second-order valence-corrected chi connectivity index (χ2v) is 11.7. The van der Waals surface area contributed by atoms with Gasteiger partial charge < -0.3 is 0 Å². The van der Waals surface area contributed by atoms with E-state index in [1.165, 1.54) is 186 Å². The highest BCUT2D eigenvalue weighted by Crippen LogP contribution is 2.14. The maximum atomic E-state index is 2.49. The van der Waals surface area contributed by atoms with E-state index in [1.807, 2.05) is 0 Å². The fraction of sp³-hybridized carbons (Fsp3) is 0.912. The molecule has 36 heavy (non-hydrogen) atoms. The molecule has 0 aromatic carbocycles. The van der Waals surface area contributed by atoms with Crippen molar-refractivity contribution in [3.8, 4) is 0 Å². The van der Waals surface area contributed by atoms with Gasteiger partial charge in [0, 0.05) is 6.92 Å². The van der Waals surface area contributed by atoms with Crippen LogP contribution in [-0.2, 0) is 13.1 Å². The van der Waals surface area contributed by atoms with Crippen LogP contribution in [0.3, 0.4) is 0 Å². The molecule has 0 radical (unpaired) electrons. The first-order chi connectivity index (χ1) is 17.8. The van der Waals surface area contributed by atoms with Crippen LogP contribution in [0.25, 0.3) is 0 Å². The average molecular weight is 504 g/mol. The summed E-state index contributed by atoms with van der Waals surface area (Å²) in [4.78, 5) is 0. The molecule has 212 valence electrons. The molecule has 0 bridgehead atoms. The molecular formula is C34H67N2+. The number of hydrogen-bond acceptors (Lipinski definition) is 0. The lowest BCUT2D eigenvalue weighted by molar-refractivity contribution is -0.702. The van der Waals surface area contributed by atoms with Crippen molar-refractivity contribution in [3.63, 3.8) is 0 Å². The Bertz CT molecular complexity index is 562. The summed E-state index contributed by atoms with van der Waals surface area (Å²) >= 11 is 0. The lowest BCUT2D eigenvalue weighted by Gasteiger charge is -2.04. The Hall–Kier alpha value is -0.790. The number of imidazole rings is 1. The molecule has 0 aliphatic heterocycles. The molecule has 0 atom stereocenters. The topological polar surface area (TPSA) is 8.81 Å². The summed E-state index contributed by atoms with van der Waals surface area (Å²) in [7, 11) is 0. The van der Waals surface area contributed by atoms with Crippen molar-refractivity contribution in [1.29, 1.82) is 0 Å². The van der Waals surface area contributed by atoms with Crippen LogP contribution >= 0.6 is 0 Å². The van der Waals surface area contributed by atoms with Crippen LogP contribution in [0.15, 0.2) is 12.4 Å². The van der Waals surface area contributed by atoms with Crippen LogP contribution < -0.4 is 4.57 Å². The summed E-state index contributed by atoms with van der Waals surface area (Å²) in [5, 5.41) is 0. The average Bonchev–Trinajstić information content (AvgIpc) is 3.23. The molecule has 0 N–H and O–H groups in total. The maximum Gasteiger partial charge on any atom is 0.253 e. The van der Waals surface area contributed by atoms with Crippen molar-refractivity contribution in [2.24, 2.45) is 0 Å². The zero-order valence-electron chi connectivity index (χ0n) is 25.3. The minimum atomic E-state index is 1.20. The Kier molecular flexibility index (Phi) is 23.9. The predicted octanol–water partition coefficient (Wildman–Crippen LogP) is 11.3. The van der Waals surface area contributed by atoms with E-state index < -0.39 is 0 Å². The number of nitrogens with zero attached hydrogens (tertiary/aromatic N) is 2. The zero-order valence-corrected chi connectivity index (χ0v) is 25.3. The van der Waals surface area contributed by atoms with Crippen molar-refractivity contribution in [2.75, 3.05) is 0 Å². The third-order valence-electron chi connectivity index (χ3n) is 8.26. The van der Waals surface area contributed by atoms with Crippen LogP contribution in [0.1, 0.15) is 187 Å². The quantitative estimate of drug-likeness (QED) is 0.0794. The molecule has 0 fully saturated rings. The fourth-order valence-corrected chi connectivity index (χ4v) is 5.61. The van der Waals surface area contributed by atoms with Gasteiger partial charge in [0.2, 0.25) is 0 Å². The highest BCUT2D eigenvalue weighted by atomic mass is 15.1. The molecule has 1 rings (SSSR count). The van der Waals surface area contributed by atoms with E-state index >= 15 is 0 Å². The molecule has 0 spiro atoms. The van der Waals surface area contributed by atoms with E-state index in [0.29, 0.717) is 0 Å². The Morgan fingerprint density at radius 3 is 1.19 bits per heavy atom. The molecule has 1 heterocycles. The van der Waals surface area contributed by atoms with Gasteiger partial charge in [-0.15, -0.1) is 0 Å². The number of aryl methyl sites for hydroxylation is 2. The van der Waals surface area contributed by atoms with Crippen molar-refractivity contribution in [1.82, 2.24) is 4.57 Å². The number of aromatic nitrogens is 2. The largest absolute Gasteiger partial charge is 0.253 e. The monoisotopic (exact) mass is 504 g/mol. The Labute approximate surface area is 228 Å². The van der Waals surface area contributed by atoms with E-state index in [0.717, 1.165) is 0 Å². The molecule has 0 amide bonds. The molecule has 2 nitrogen and oxygen atoms in total. The van der Waals surface area contributed by atoms with Crippen LogP contribution in [-0.4, -0.2) is 4.57 Å². The van der Waals surface area contributed by atoms with Gasteiger partial charge in [-0.05, 0) is 25.7 Å². The molecule has 1 aromatic rings. The fourth-order valence-electron chi connectivity index (χ4n) is 5.61. The Balaban J connectivity index is 1.89. The minimum absolute atomic E-state index is 1.20. The number of hydrogen-bond donors (Lipinski definition) is 0. The van der Waals surface area contributed by atoms with Gasteiger partial charge >= 0.3 is 0 Å². The van der Waals surface area contributed by atoms with Crippen LogP contribution in [0.2, 0.25) is 0 Å². The molecule has 1 aromatic heterocycles. The van der Waals surface area contributed by atoms with Gasteiger partial charge in [0.05, 0.1) is 13.1 Å². The molecular weight excluding hydrogens is 436 g/mol. The van der Waals surface area contributed by atoms with Crippen LogP contribution in [0.5, 0.6) is 0 Å². The second kappa shape index (κ2) is 25.8. The highest BCUT2D eigenvalue weighted by molar-refractivity contribution is 4.79. The van der Waals surface area contributed by atoms with E-state index in [2.05, 4.69) is 42.3 Å². The second-order valence-electron chi connectivity index (χ2n) is 11.7. The molecule has 0 unspecified atom stereocenters. The lowest BCUT2D eigenvalue weighted by atomic mass is 10.0. The van der Waals surface area contributed by atoms with E-state index in [9.17, 15) is 0 Å². The smallest absolute Gasteiger partial charge is 0.234 e. The first-order valence-corrected chi connectivity index (χ1v) is 16.8. The lowest BCUT2D eigenvalue weighted by Crippen LogP contribution is -2.35. The highest BCUT2D eigenvalue weighted by Gasteiger charge is 2.11. The van der Waals surface area contributed by atoms with Crippen molar-refractivity contribution >= 4 is 0 Å². The van der Waals surface area contributed by atoms with Gasteiger partial charge in [-0.1, -0.05) is 155 Å². The van der Waals surface area contributed by atoms with Crippen molar-refractivity contribution in [2.45, 2.75) is 201 Å².